The lowest BCUT2D eigenvalue weighted by atomic mass is 9.76. The van der Waals surface area contributed by atoms with Gasteiger partial charge in [0.1, 0.15) is 11.8 Å². The number of quaternary nitrogens is 1. The fourth-order valence-corrected chi connectivity index (χ4v) is 5.29. The molecule has 8 heteroatoms. The number of hydrogen-bond donors (Lipinski definition) is 2. The average molecular weight is 406 g/mol. The Bertz CT molecular complexity index is 1130. The van der Waals surface area contributed by atoms with E-state index in [9.17, 15) is 19.2 Å². The summed E-state index contributed by atoms with van der Waals surface area (Å²) in [7, 11) is 1.24. The Kier molecular flexibility index (Phi) is 3.85. The van der Waals surface area contributed by atoms with Crippen molar-refractivity contribution in [3.05, 3.63) is 59.7 Å². The van der Waals surface area contributed by atoms with Crippen LogP contribution in [-0.2, 0) is 24.7 Å². The van der Waals surface area contributed by atoms with Gasteiger partial charge in [-0.05, 0) is 25.1 Å². The highest BCUT2D eigenvalue weighted by atomic mass is 16.5. The van der Waals surface area contributed by atoms with Crippen LogP contribution in [0.4, 0.5) is 11.4 Å². The van der Waals surface area contributed by atoms with Crippen molar-refractivity contribution >= 4 is 35.1 Å². The van der Waals surface area contributed by atoms with Crippen LogP contribution < -0.4 is 15.5 Å². The van der Waals surface area contributed by atoms with Crippen LogP contribution in [0, 0.1) is 11.8 Å². The molecule has 8 nitrogen and oxygen atoms in total. The van der Waals surface area contributed by atoms with E-state index < -0.39 is 35.2 Å². The second-order valence-electron chi connectivity index (χ2n) is 7.92. The molecule has 0 unspecified atom stereocenters. The topological polar surface area (TPSA) is 109 Å². The summed E-state index contributed by atoms with van der Waals surface area (Å²) in [6.45, 7) is 1.85. The van der Waals surface area contributed by atoms with E-state index in [0.717, 1.165) is 4.90 Å². The van der Waals surface area contributed by atoms with Crippen molar-refractivity contribution in [3.8, 4) is 0 Å². The van der Waals surface area contributed by atoms with Crippen LogP contribution in [-0.4, -0.2) is 36.8 Å². The Morgan fingerprint density at radius 3 is 2.53 bits per heavy atom. The molecule has 2 saturated heterocycles. The zero-order chi connectivity index (χ0) is 21.2. The van der Waals surface area contributed by atoms with Crippen molar-refractivity contribution in [2.24, 2.45) is 11.8 Å². The molecule has 2 aromatic rings. The third-order valence-corrected chi connectivity index (χ3v) is 6.48. The van der Waals surface area contributed by atoms with Gasteiger partial charge in [0.05, 0.1) is 30.1 Å². The molecule has 1 spiro atoms. The highest BCUT2D eigenvalue weighted by Crippen LogP contribution is 2.49. The molecule has 30 heavy (non-hydrogen) atoms. The van der Waals surface area contributed by atoms with Crippen molar-refractivity contribution in [1.82, 2.24) is 0 Å². The number of benzene rings is 2. The molecule has 2 fully saturated rings. The summed E-state index contributed by atoms with van der Waals surface area (Å²) in [5.74, 6) is -3.36. The molecule has 3 amide bonds. The lowest BCUT2D eigenvalue weighted by Gasteiger charge is -2.26. The minimum Gasteiger partial charge on any atom is -0.465 e. The third kappa shape index (κ3) is 2.14. The molecule has 5 rings (SSSR count). The van der Waals surface area contributed by atoms with Crippen LogP contribution in [0.25, 0.3) is 0 Å². The van der Waals surface area contributed by atoms with Crippen LogP contribution in [0.5, 0.6) is 0 Å². The standard InChI is InChI=1S/C22H19N3O5/c1-11-16-17(22(24-11)13-8-4-5-9-14(13)23-21(22)29)19(27)25(18(16)26)15-10-6-3-7-12(15)20(28)30-2/h3-11,16-17,24H,1-2H3,(H,23,29)/p+1/t11-,16-,17-,22-/m1/s1. The molecule has 0 aromatic heterocycles. The number of ether oxygens (including phenoxy) is 1. The molecule has 3 aliphatic heterocycles. The maximum Gasteiger partial charge on any atom is 0.339 e. The monoisotopic (exact) mass is 406 g/mol. The van der Waals surface area contributed by atoms with Crippen molar-refractivity contribution in [3.63, 3.8) is 0 Å². The molecule has 3 heterocycles. The number of nitrogens with one attached hydrogen (secondary N) is 1. The Morgan fingerprint density at radius 1 is 1.07 bits per heavy atom. The van der Waals surface area contributed by atoms with Gasteiger partial charge in [0.2, 0.25) is 17.4 Å². The number of methoxy groups -OCH3 is 1. The molecule has 4 atom stereocenters. The van der Waals surface area contributed by atoms with Crippen molar-refractivity contribution in [1.29, 1.82) is 0 Å². The van der Waals surface area contributed by atoms with Crippen LogP contribution >= 0.6 is 0 Å². The second-order valence-corrected chi connectivity index (χ2v) is 7.92. The number of fused-ring (bicyclic) bond motifs is 4. The first kappa shape index (κ1) is 18.5. The smallest absolute Gasteiger partial charge is 0.339 e. The first-order valence-corrected chi connectivity index (χ1v) is 9.74. The molecule has 2 aromatic carbocycles. The van der Waals surface area contributed by atoms with Crippen molar-refractivity contribution < 1.29 is 29.2 Å². The molecule has 152 valence electrons. The summed E-state index contributed by atoms with van der Waals surface area (Å²) >= 11 is 0. The lowest BCUT2D eigenvalue weighted by molar-refractivity contribution is -0.730. The number of para-hydroxylation sites is 2. The normalized spacial score (nSPS) is 29.2. The van der Waals surface area contributed by atoms with E-state index in [2.05, 4.69) is 5.32 Å². The third-order valence-electron chi connectivity index (χ3n) is 6.48. The van der Waals surface area contributed by atoms with E-state index in [4.69, 9.17) is 4.74 Å². The number of esters is 1. The number of nitrogens with zero attached hydrogens (tertiary/aromatic N) is 1. The van der Waals surface area contributed by atoms with Gasteiger partial charge in [0, 0.05) is 5.56 Å². The second kappa shape index (κ2) is 6.24. The van der Waals surface area contributed by atoms with Gasteiger partial charge in [-0.25, -0.2) is 9.69 Å². The highest BCUT2D eigenvalue weighted by Gasteiger charge is 2.73. The predicted octanol–water partition coefficient (Wildman–Crippen LogP) is 0.392. The van der Waals surface area contributed by atoms with Gasteiger partial charge in [-0.3, -0.25) is 14.4 Å². The first-order valence-electron chi connectivity index (χ1n) is 9.74. The number of nitrogens with two attached hydrogens (primary N) is 1. The molecule has 3 N–H and O–H groups in total. The molecule has 0 aliphatic carbocycles. The quantitative estimate of drug-likeness (QED) is 0.554. The summed E-state index contributed by atoms with van der Waals surface area (Å²) in [6, 6.07) is 13.3. The van der Waals surface area contributed by atoms with E-state index >= 15 is 0 Å². The molecule has 0 bridgehead atoms. The van der Waals surface area contributed by atoms with Gasteiger partial charge < -0.3 is 15.4 Å². The number of carbonyl (C=O) groups excluding carboxylic acids is 4. The lowest BCUT2D eigenvalue weighted by Crippen LogP contribution is -2.98. The Morgan fingerprint density at radius 2 is 1.77 bits per heavy atom. The summed E-state index contributed by atoms with van der Waals surface area (Å²) in [5, 5.41) is 4.70. The Hall–Kier alpha value is -3.52. The van der Waals surface area contributed by atoms with Gasteiger partial charge in [-0.2, -0.15) is 0 Å². The van der Waals surface area contributed by atoms with E-state index in [0.29, 0.717) is 11.3 Å². The number of carbonyl (C=O) groups is 4. The van der Waals surface area contributed by atoms with E-state index in [1.54, 1.807) is 24.3 Å². The fourth-order valence-electron chi connectivity index (χ4n) is 5.29. The number of imide groups is 1. The molecular formula is C22H20N3O5+. The van der Waals surface area contributed by atoms with Gasteiger partial charge in [0.15, 0.2) is 0 Å². The van der Waals surface area contributed by atoms with Gasteiger partial charge in [-0.1, -0.05) is 30.3 Å². The largest absolute Gasteiger partial charge is 0.465 e. The number of hydrogen-bond acceptors (Lipinski definition) is 5. The Balaban J connectivity index is 1.66. The summed E-state index contributed by atoms with van der Waals surface area (Å²) in [4.78, 5) is 53.6. The van der Waals surface area contributed by atoms with Gasteiger partial charge in [-0.15, -0.1) is 0 Å². The zero-order valence-electron chi connectivity index (χ0n) is 16.4. The SMILES string of the molecule is COC(=O)c1ccccc1N1C(=O)[C@@H]2[C@@H](C)[NH2+][C@@]3(C(=O)Nc4ccccc43)[C@H]2C1=O. The zero-order valence-corrected chi connectivity index (χ0v) is 16.4. The first-order chi connectivity index (χ1) is 14.4. The van der Waals surface area contributed by atoms with Crippen LogP contribution in [0.15, 0.2) is 48.5 Å². The van der Waals surface area contributed by atoms with Crippen LogP contribution in [0.2, 0.25) is 0 Å². The highest BCUT2D eigenvalue weighted by molar-refractivity contribution is 6.26. The molecular weight excluding hydrogens is 386 g/mol. The number of amides is 3. The number of anilines is 2. The molecule has 0 radical (unpaired) electrons. The number of rotatable bonds is 2. The summed E-state index contributed by atoms with van der Waals surface area (Å²) in [5.41, 5.74) is 0.466. The van der Waals surface area contributed by atoms with Gasteiger partial charge in [0.25, 0.3) is 5.91 Å². The summed E-state index contributed by atoms with van der Waals surface area (Å²) in [6.07, 6.45) is 0. The van der Waals surface area contributed by atoms with E-state index in [1.807, 2.05) is 30.4 Å². The maximum atomic E-state index is 13.7. The maximum absolute atomic E-state index is 13.7. The van der Waals surface area contributed by atoms with Gasteiger partial charge >= 0.3 is 5.97 Å². The molecule has 0 saturated carbocycles. The van der Waals surface area contributed by atoms with Crippen LogP contribution in [0.3, 0.4) is 0 Å². The van der Waals surface area contributed by atoms with E-state index in [-0.39, 0.29) is 23.2 Å². The molecule has 3 aliphatic rings. The van der Waals surface area contributed by atoms with Crippen molar-refractivity contribution in [2.75, 3.05) is 17.3 Å². The summed E-state index contributed by atoms with van der Waals surface area (Å²) < 4.78 is 4.82. The van der Waals surface area contributed by atoms with Crippen molar-refractivity contribution in [2.45, 2.75) is 18.5 Å². The minimum atomic E-state index is -1.21. The minimum absolute atomic E-state index is 0.128. The van der Waals surface area contributed by atoms with Crippen LogP contribution in [0.1, 0.15) is 22.8 Å². The van der Waals surface area contributed by atoms with E-state index in [1.165, 1.54) is 13.2 Å². The Labute approximate surface area is 172 Å². The predicted molar refractivity (Wildman–Crippen MR) is 105 cm³/mol. The average Bonchev–Trinajstić information content (AvgIpc) is 3.31. The fraction of sp³-hybridized carbons (Fsp3) is 0.273.